The molecule has 0 spiro atoms. The molecule has 3 N–H and O–H groups in total. The van der Waals surface area contributed by atoms with Gasteiger partial charge in [0, 0.05) is 10.6 Å². The Kier molecular flexibility index (Phi) is 3.37. The van der Waals surface area contributed by atoms with E-state index in [2.05, 4.69) is 0 Å². The van der Waals surface area contributed by atoms with Crippen LogP contribution in [0.2, 0.25) is 5.02 Å². The molecule has 1 atom stereocenters. The molecule has 0 aliphatic heterocycles. The van der Waals surface area contributed by atoms with Crippen LogP contribution in [0.4, 0.5) is 0 Å². The lowest BCUT2D eigenvalue weighted by Gasteiger charge is -2.24. The Labute approximate surface area is 88.4 Å². The van der Waals surface area contributed by atoms with Gasteiger partial charge in [-0.05, 0) is 19.1 Å². The van der Waals surface area contributed by atoms with Crippen LogP contribution in [0, 0.1) is 0 Å². The van der Waals surface area contributed by atoms with Gasteiger partial charge in [0.15, 0.2) is 0 Å². The van der Waals surface area contributed by atoms with Crippen LogP contribution in [0.1, 0.15) is 12.5 Å². The first-order chi connectivity index (χ1) is 6.51. The van der Waals surface area contributed by atoms with E-state index >= 15 is 0 Å². The van der Waals surface area contributed by atoms with Crippen LogP contribution in [0.5, 0.6) is 5.75 Å². The van der Waals surface area contributed by atoms with Crippen molar-refractivity contribution in [2.75, 3.05) is 13.7 Å². The molecule has 0 radical (unpaired) electrons. The molecular weight excluding hydrogens is 202 g/mol. The van der Waals surface area contributed by atoms with Crippen LogP contribution >= 0.6 is 11.6 Å². The number of halogens is 1. The van der Waals surface area contributed by atoms with Gasteiger partial charge in [-0.3, -0.25) is 0 Å². The molecule has 0 aliphatic rings. The highest BCUT2D eigenvalue weighted by atomic mass is 35.5. The van der Waals surface area contributed by atoms with Gasteiger partial charge in [-0.25, -0.2) is 0 Å². The number of hydrogen-bond acceptors (Lipinski definition) is 3. The molecule has 0 fully saturated rings. The van der Waals surface area contributed by atoms with Crippen LogP contribution in [0.15, 0.2) is 18.2 Å². The standard InChI is InChI=1S/C10H14ClNO2/c1-10(12,6-13)8-4-3-7(11)5-9(8)14-2/h3-5,13H,6,12H2,1-2H3. The number of benzene rings is 1. The largest absolute Gasteiger partial charge is 0.496 e. The Morgan fingerprint density at radius 1 is 1.57 bits per heavy atom. The normalized spacial score (nSPS) is 14.9. The molecule has 0 bridgehead atoms. The smallest absolute Gasteiger partial charge is 0.125 e. The van der Waals surface area contributed by atoms with Crippen molar-refractivity contribution >= 4 is 11.6 Å². The van der Waals surface area contributed by atoms with Crippen LogP contribution in [-0.2, 0) is 5.54 Å². The monoisotopic (exact) mass is 215 g/mol. The second-order valence-corrected chi connectivity index (χ2v) is 3.86. The number of aliphatic hydroxyl groups excluding tert-OH is 1. The Balaban J connectivity index is 3.20. The summed E-state index contributed by atoms with van der Waals surface area (Å²) < 4.78 is 5.14. The maximum atomic E-state index is 9.12. The maximum Gasteiger partial charge on any atom is 0.125 e. The van der Waals surface area contributed by atoms with Crippen molar-refractivity contribution in [3.63, 3.8) is 0 Å². The molecule has 14 heavy (non-hydrogen) atoms. The summed E-state index contributed by atoms with van der Waals surface area (Å²) in [5.41, 5.74) is 5.82. The van der Waals surface area contributed by atoms with Gasteiger partial charge in [0.1, 0.15) is 5.75 Å². The molecule has 0 saturated heterocycles. The molecule has 1 aromatic rings. The minimum atomic E-state index is -0.810. The summed E-state index contributed by atoms with van der Waals surface area (Å²) in [5.74, 6) is 0.594. The van der Waals surface area contributed by atoms with E-state index in [4.69, 9.17) is 27.2 Å². The van der Waals surface area contributed by atoms with Crippen molar-refractivity contribution in [3.8, 4) is 5.75 Å². The van der Waals surface area contributed by atoms with Crippen molar-refractivity contribution in [1.29, 1.82) is 0 Å². The molecule has 4 heteroatoms. The van der Waals surface area contributed by atoms with Gasteiger partial charge >= 0.3 is 0 Å². The zero-order valence-electron chi connectivity index (χ0n) is 8.25. The summed E-state index contributed by atoms with van der Waals surface area (Å²) in [6.45, 7) is 1.59. The van der Waals surface area contributed by atoms with Gasteiger partial charge in [-0.2, -0.15) is 0 Å². The highest BCUT2D eigenvalue weighted by Crippen LogP contribution is 2.30. The fourth-order valence-corrected chi connectivity index (χ4v) is 1.38. The van der Waals surface area contributed by atoms with Gasteiger partial charge in [-0.15, -0.1) is 0 Å². The van der Waals surface area contributed by atoms with Gasteiger partial charge in [-0.1, -0.05) is 17.7 Å². The number of ether oxygens (including phenoxy) is 1. The summed E-state index contributed by atoms with van der Waals surface area (Å²) in [6.07, 6.45) is 0. The Hall–Kier alpha value is -0.770. The molecule has 0 aliphatic carbocycles. The van der Waals surface area contributed by atoms with E-state index in [1.807, 2.05) is 0 Å². The fraction of sp³-hybridized carbons (Fsp3) is 0.400. The van der Waals surface area contributed by atoms with Crippen molar-refractivity contribution in [2.24, 2.45) is 5.73 Å². The average molecular weight is 216 g/mol. The number of methoxy groups -OCH3 is 1. The average Bonchev–Trinajstić information content (AvgIpc) is 2.17. The Bertz CT molecular complexity index is 326. The minimum absolute atomic E-state index is 0.148. The quantitative estimate of drug-likeness (QED) is 0.804. The lowest BCUT2D eigenvalue weighted by Crippen LogP contribution is -2.37. The van der Waals surface area contributed by atoms with E-state index in [1.165, 1.54) is 0 Å². The SMILES string of the molecule is COc1cc(Cl)ccc1C(C)(N)CO. The second-order valence-electron chi connectivity index (χ2n) is 3.42. The highest BCUT2D eigenvalue weighted by molar-refractivity contribution is 6.30. The summed E-state index contributed by atoms with van der Waals surface area (Å²) in [4.78, 5) is 0. The summed E-state index contributed by atoms with van der Waals surface area (Å²) in [7, 11) is 1.54. The number of rotatable bonds is 3. The molecule has 0 aromatic heterocycles. The van der Waals surface area contributed by atoms with Crippen molar-refractivity contribution < 1.29 is 9.84 Å². The molecule has 78 valence electrons. The van der Waals surface area contributed by atoms with E-state index in [9.17, 15) is 0 Å². The third-order valence-corrected chi connectivity index (χ3v) is 2.34. The topological polar surface area (TPSA) is 55.5 Å². The van der Waals surface area contributed by atoms with Crippen molar-refractivity contribution in [3.05, 3.63) is 28.8 Å². The predicted octanol–water partition coefficient (Wildman–Crippen LogP) is 1.51. The van der Waals surface area contributed by atoms with Crippen LogP contribution in [0.3, 0.4) is 0 Å². The third kappa shape index (κ3) is 2.18. The number of nitrogens with two attached hydrogens (primary N) is 1. The van der Waals surface area contributed by atoms with Gasteiger partial charge in [0.2, 0.25) is 0 Å². The Morgan fingerprint density at radius 3 is 2.71 bits per heavy atom. The highest BCUT2D eigenvalue weighted by Gasteiger charge is 2.23. The molecule has 1 rings (SSSR count). The summed E-state index contributed by atoms with van der Waals surface area (Å²) in [6, 6.07) is 5.16. The summed E-state index contributed by atoms with van der Waals surface area (Å²) >= 11 is 5.81. The number of aliphatic hydroxyl groups is 1. The molecule has 0 heterocycles. The lowest BCUT2D eigenvalue weighted by atomic mass is 9.93. The van der Waals surface area contributed by atoms with Crippen LogP contribution < -0.4 is 10.5 Å². The molecule has 1 unspecified atom stereocenters. The van der Waals surface area contributed by atoms with E-state index in [-0.39, 0.29) is 6.61 Å². The molecule has 1 aromatic carbocycles. The van der Waals surface area contributed by atoms with E-state index in [0.29, 0.717) is 10.8 Å². The molecule has 0 amide bonds. The zero-order chi connectivity index (χ0) is 10.8. The fourth-order valence-electron chi connectivity index (χ4n) is 1.22. The van der Waals surface area contributed by atoms with Gasteiger partial charge in [0.05, 0.1) is 19.3 Å². The predicted molar refractivity (Wildman–Crippen MR) is 56.6 cm³/mol. The van der Waals surface area contributed by atoms with Crippen molar-refractivity contribution in [2.45, 2.75) is 12.5 Å². The van der Waals surface area contributed by atoms with E-state index < -0.39 is 5.54 Å². The van der Waals surface area contributed by atoms with Crippen LogP contribution in [-0.4, -0.2) is 18.8 Å². The molecular formula is C10H14ClNO2. The third-order valence-electron chi connectivity index (χ3n) is 2.11. The second kappa shape index (κ2) is 4.17. The van der Waals surface area contributed by atoms with E-state index in [1.54, 1.807) is 32.2 Å². The number of hydrogen-bond donors (Lipinski definition) is 2. The van der Waals surface area contributed by atoms with E-state index in [0.717, 1.165) is 5.56 Å². The first-order valence-electron chi connectivity index (χ1n) is 4.25. The van der Waals surface area contributed by atoms with Crippen molar-refractivity contribution in [1.82, 2.24) is 0 Å². The van der Waals surface area contributed by atoms with Gasteiger partial charge < -0.3 is 15.6 Å². The van der Waals surface area contributed by atoms with Gasteiger partial charge in [0.25, 0.3) is 0 Å². The molecule has 3 nitrogen and oxygen atoms in total. The summed E-state index contributed by atoms with van der Waals surface area (Å²) in [5, 5.41) is 9.71. The first-order valence-corrected chi connectivity index (χ1v) is 4.63. The molecule has 0 saturated carbocycles. The minimum Gasteiger partial charge on any atom is -0.496 e. The Morgan fingerprint density at radius 2 is 2.21 bits per heavy atom. The first kappa shape index (κ1) is 11.3. The zero-order valence-corrected chi connectivity index (χ0v) is 9.01. The lowest BCUT2D eigenvalue weighted by molar-refractivity contribution is 0.206. The maximum absolute atomic E-state index is 9.12. The van der Waals surface area contributed by atoms with Crippen LogP contribution in [0.25, 0.3) is 0 Å².